The Labute approximate surface area is 196 Å². The Morgan fingerprint density at radius 2 is 2.03 bits per heavy atom. The van der Waals surface area contributed by atoms with Crippen LogP contribution < -0.4 is 15.4 Å². The number of nitrogens with one attached hydrogen (secondary N) is 3. The molecular weight excluding hydrogens is 440 g/mol. The first-order valence-corrected chi connectivity index (χ1v) is 13.3. The third-order valence-electron chi connectivity index (χ3n) is 6.68. The number of H-pyrrole nitrogens is 1. The summed E-state index contributed by atoms with van der Waals surface area (Å²) in [6.07, 6.45) is 5.69. The number of carbonyl (C=O) groups excluding carboxylic acids is 1. The summed E-state index contributed by atoms with van der Waals surface area (Å²) in [5.74, 6) is 1.03. The van der Waals surface area contributed by atoms with Crippen LogP contribution >= 0.6 is 0 Å². The number of amides is 1. The van der Waals surface area contributed by atoms with Crippen LogP contribution in [0.25, 0.3) is 0 Å². The minimum Gasteiger partial charge on any atom is -0.497 e. The van der Waals surface area contributed by atoms with Gasteiger partial charge < -0.3 is 20.4 Å². The van der Waals surface area contributed by atoms with Gasteiger partial charge in [-0.25, -0.2) is 8.42 Å². The Balaban J connectivity index is 1.16. The monoisotopic (exact) mass is 474 g/mol. The Morgan fingerprint density at radius 1 is 1.21 bits per heavy atom. The summed E-state index contributed by atoms with van der Waals surface area (Å²) in [4.78, 5) is 15.9. The summed E-state index contributed by atoms with van der Waals surface area (Å²) in [6.45, 7) is 3.52. The average molecular weight is 475 g/mol. The van der Waals surface area contributed by atoms with Crippen molar-refractivity contribution in [3.05, 3.63) is 47.3 Å². The van der Waals surface area contributed by atoms with Gasteiger partial charge in [0.15, 0.2) is 0 Å². The molecule has 0 unspecified atom stereocenters. The quantitative estimate of drug-likeness (QED) is 0.485. The van der Waals surface area contributed by atoms with Crippen molar-refractivity contribution in [2.45, 2.75) is 50.0 Å². The van der Waals surface area contributed by atoms with Crippen LogP contribution in [-0.2, 0) is 23.0 Å². The number of hydrogen-bond donors (Lipinski definition) is 3. The summed E-state index contributed by atoms with van der Waals surface area (Å²) in [6, 6.07) is 8.60. The van der Waals surface area contributed by atoms with E-state index in [1.54, 1.807) is 28.6 Å². The van der Waals surface area contributed by atoms with Gasteiger partial charge in [-0.05, 0) is 48.9 Å². The minimum atomic E-state index is -3.49. The number of fused-ring (bicyclic) bond motifs is 1. The zero-order valence-corrected chi connectivity index (χ0v) is 20.0. The molecule has 0 atom stereocenters. The molecular formula is C24H34N4O4S. The third-order valence-corrected chi connectivity index (χ3v) is 8.58. The number of benzene rings is 1. The van der Waals surface area contributed by atoms with Gasteiger partial charge in [0.25, 0.3) is 5.91 Å². The summed E-state index contributed by atoms with van der Waals surface area (Å²) < 4.78 is 32.6. The second-order valence-corrected chi connectivity index (χ2v) is 10.8. The number of unbranched alkanes of at least 4 members (excludes halogenated alkanes) is 1. The lowest BCUT2D eigenvalue weighted by Crippen LogP contribution is -2.38. The van der Waals surface area contributed by atoms with Crippen LogP contribution in [0.1, 0.15) is 53.8 Å². The van der Waals surface area contributed by atoms with Gasteiger partial charge in [-0.15, -0.1) is 0 Å². The maximum absolute atomic E-state index is 12.9. The number of aromatic amines is 1. The summed E-state index contributed by atoms with van der Waals surface area (Å²) in [5, 5.41) is 6.33. The van der Waals surface area contributed by atoms with Crippen LogP contribution in [0.15, 0.2) is 35.2 Å². The first kappa shape index (κ1) is 23.8. The molecule has 1 aromatic carbocycles. The van der Waals surface area contributed by atoms with E-state index >= 15 is 0 Å². The Hall–Kier alpha value is -2.36. The van der Waals surface area contributed by atoms with Crippen LogP contribution in [-0.4, -0.2) is 56.9 Å². The number of aromatic nitrogens is 1. The molecule has 2 aliphatic rings. The van der Waals surface area contributed by atoms with E-state index in [-0.39, 0.29) is 10.8 Å². The van der Waals surface area contributed by atoms with Gasteiger partial charge in [0.05, 0.1) is 12.0 Å². The van der Waals surface area contributed by atoms with Crippen LogP contribution in [0.2, 0.25) is 0 Å². The molecule has 1 amide bonds. The average Bonchev–Trinajstić information content (AvgIpc) is 3.28. The Morgan fingerprint density at radius 3 is 2.79 bits per heavy atom. The largest absolute Gasteiger partial charge is 0.497 e. The molecule has 2 aromatic rings. The van der Waals surface area contributed by atoms with Crippen LogP contribution in [0, 0.1) is 5.92 Å². The third kappa shape index (κ3) is 5.77. The predicted molar refractivity (Wildman–Crippen MR) is 127 cm³/mol. The zero-order chi connectivity index (χ0) is 23.3. The van der Waals surface area contributed by atoms with Crippen LogP contribution in [0.5, 0.6) is 5.75 Å². The second-order valence-electron chi connectivity index (χ2n) is 8.89. The normalized spacial score (nSPS) is 17.5. The molecule has 3 heterocycles. The minimum absolute atomic E-state index is 0.0412. The van der Waals surface area contributed by atoms with Gasteiger partial charge in [0.2, 0.25) is 10.0 Å². The van der Waals surface area contributed by atoms with Gasteiger partial charge >= 0.3 is 0 Å². The first-order chi connectivity index (χ1) is 16.0. The molecule has 33 heavy (non-hydrogen) atoms. The zero-order valence-electron chi connectivity index (χ0n) is 19.2. The SMILES string of the molecule is COc1cccc(S(=O)(=O)N2CCC(CCCCNC(=O)c3cc4c([nH]3)CCNC4)CC2)c1. The van der Waals surface area contributed by atoms with E-state index in [4.69, 9.17) is 4.74 Å². The van der Waals surface area contributed by atoms with Crippen molar-refractivity contribution in [1.82, 2.24) is 19.9 Å². The van der Waals surface area contributed by atoms with E-state index in [1.807, 2.05) is 6.07 Å². The number of sulfonamides is 1. The van der Waals surface area contributed by atoms with Crippen molar-refractivity contribution >= 4 is 15.9 Å². The molecule has 0 bridgehead atoms. The lowest BCUT2D eigenvalue weighted by Gasteiger charge is -2.31. The number of hydrogen-bond acceptors (Lipinski definition) is 5. The summed E-state index contributed by atoms with van der Waals surface area (Å²) >= 11 is 0. The number of ether oxygens (including phenoxy) is 1. The van der Waals surface area contributed by atoms with Gasteiger partial charge in [-0.3, -0.25) is 4.79 Å². The molecule has 8 nitrogen and oxygen atoms in total. The molecule has 0 spiro atoms. The number of carbonyl (C=O) groups is 1. The van der Waals surface area contributed by atoms with Crippen molar-refractivity contribution in [3.8, 4) is 5.75 Å². The van der Waals surface area contributed by atoms with E-state index in [0.29, 0.717) is 37.0 Å². The molecule has 1 saturated heterocycles. The molecule has 1 aromatic heterocycles. The molecule has 1 fully saturated rings. The molecule has 3 N–H and O–H groups in total. The fraction of sp³-hybridized carbons (Fsp3) is 0.542. The molecule has 0 radical (unpaired) electrons. The van der Waals surface area contributed by atoms with Crippen molar-refractivity contribution in [3.63, 3.8) is 0 Å². The lowest BCUT2D eigenvalue weighted by atomic mass is 9.92. The fourth-order valence-electron chi connectivity index (χ4n) is 4.68. The van der Waals surface area contributed by atoms with Gasteiger partial charge in [0.1, 0.15) is 11.4 Å². The van der Waals surface area contributed by atoms with Crippen molar-refractivity contribution in [2.75, 3.05) is 33.3 Å². The topological polar surface area (TPSA) is 104 Å². The van der Waals surface area contributed by atoms with E-state index < -0.39 is 10.0 Å². The predicted octanol–water partition coefficient (Wildman–Crippen LogP) is 2.67. The Kier molecular flexibility index (Phi) is 7.72. The highest BCUT2D eigenvalue weighted by atomic mass is 32.2. The number of methoxy groups -OCH3 is 1. The maximum atomic E-state index is 12.9. The highest BCUT2D eigenvalue weighted by molar-refractivity contribution is 7.89. The molecule has 180 valence electrons. The Bertz CT molecular complexity index is 1030. The van der Waals surface area contributed by atoms with Crippen LogP contribution in [0.3, 0.4) is 0 Å². The highest BCUT2D eigenvalue weighted by Crippen LogP contribution is 2.28. The van der Waals surface area contributed by atoms with Gasteiger partial charge in [-0.1, -0.05) is 18.9 Å². The maximum Gasteiger partial charge on any atom is 0.267 e. The van der Waals surface area contributed by atoms with Crippen molar-refractivity contribution in [2.24, 2.45) is 5.92 Å². The molecule has 4 rings (SSSR count). The molecule has 9 heteroatoms. The lowest BCUT2D eigenvalue weighted by molar-refractivity contribution is 0.0948. The van der Waals surface area contributed by atoms with Crippen LogP contribution in [0.4, 0.5) is 0 Å². The van der Waals surface area contributed by atoms with Gasteiger partial charge in [0, 0.05) is 50.9 Å². The number of piperidine rings is 1. The molecule has 2 aliphatic heterocycles. The van der Waals surface area contributed by atoms with E-state index in [2.05, 4.69) is 15.6 Å². The first-order valence-electron chi connectivity index (χ1n) is 11.8. The number of nitrogens with zero attached hydrogens (tertiary/aromatic N) is 1. The van der Waals surface area contributed by atoms with Gasteiger partial charge in [-0.2, -0.15) is 4.31 Å². The van der Waals surface area contributed by atoms with E-state index in [0.717, 1.165) is 51.6 Å². The fourth-order valence-corrected chi connectivity index (χ4v) is 6.19. The molecule has 0 aliphatic carbocycles. The molecule has 0 saturated carbocycles. The highest BCUT2D eigenvalue weighted by Gasteiger charge is 2.29. The summed E-state index contributed by atoms with van der Waals surface area (Å²) in [7, 11) is -1.95. The summed E-state index contributed by atoms with van der Waals surface area (Å²) in [5.41, 5.74) is 3.00. The standard InChI is InChI=1S/C24H34N4O4S/c1-32-20-6-4-7-21(16-20)33(30,31)28-13-9-18(10-14-28)5-2-3-11-26-24(29)23-15-19-17-25-12-8-22(19)27-23/h4,6-7,15-16,18,25,27H,2-3,5,8-14,17H2,1H3,(H,26,29). The smallest absolute Gasteiger partial charge is 0.267 e. The van der Waals surface area contributed by atoms with Crippen molar-refractivity contribution < 1.29 is 17.9 Å². The number of rotatable bonds is 9. The van der Waals surface area contributed by atoms with Crippen molar-refractivity contribution in [1.29, 1.82) is 0 Å². The van der Waals surface area contributed by atoms with E-state index in [9.17, 15) is 13.2 Å². The second kappa shape index (κ2) is 10.7. The van der Waals surface area contributed by atoms with E-state index in [1.165, 1.54) is 18.4 Å².